The van der Waals surface area contributed by atoms with Crippen molar-refractivity contribution in [3.8, 4) is 11.5 Å². The Bertz CT molecular complexity index is 512. The molecule has 2 aliphatic heterocycles. The number of nitrogens with one attached hydrogen (secondary N) is 2. The van der Waals surface area contributed by atoms with Gasteiger partial charge in [0, 0.05) is 12.5 Å². The molecular weight excluding hydrogens is 268 g/mol. The summed E-state index contributed by atoms with van der Waals surface area (Å²) < 4.78 is 11.1. The number of hydrogen-bond acceptors (Lipinski definition) is 4. The van der Waals surface area contributed by atoms with E-state index in [4.69, 9.17) is 9.47 Å². The molecule has 5 nitrogen and oxygen atoms in total. The molecule has 0 aliphatic carbocycles. The number of hydrogen-bond donors (Lipinski definition) is 2. The number of carbonyl (C=O) groups is 1. The second kappa shape index (κ2) is 6.35. The quantitative estimate of drug-likeness (QED) is 0.887. The van der Waals surface area contributed by atoms with Gasteiger partial charge in [0.05, 0.1) is 6.04 Å². The van der Waals surface area contributed by atoms with Crippen molar-refractivity contribution in [2.24, 2.45) is 0 Å². The molecule has 0 radical (unpaired) electrons. The highest BCUT2D eigenvalue weighted by Crippen LogP contribution is 2.32. The van der Waals surface area contributed by atoms with Crippen LogP contribution < -0.4 is 20.1 Å². The lowest BCUT2D eigenvalue weighted by Gasteiger charge is -2.21. The molecule has 1 aromatic rings. The van der Waals surface area contributed by atoms with Crippen molar-refractivity contribution in [2.75, 3.05) is 19.8 Å². The van der Waals surface area contributed by atoms with Gasteiger partial charge in [0.2, 0.25) is 5.91 Å². The van der Waals surface area contributed by atoms with Crippen LogP contribution >= 0.6 is 0 Å². The molecule has 1 amide bonds. The van der Waals surface area contributed by atoms with E-state index in [-0.39, 0.29) is 11.9 Å². The van der Waals surface area contributed by atoms with Crippen molar-refractivity contribution in [1.82, 2.24) is 10.6 Å². The Labute approximate surface area is 125 Å². The molecule has 2 atom stereocenters. The Morgan fingerprint density at radius 2 is 2.19 bits per heavy atom. The minimum absolute atomic E-state index is 0.0327. The third-order valence-electron chi connectivity index (χ3n) is 4.04. The molecule has 2 unspecified atom stereocenters. The second-order valence-electron chi connectivity index (χ2n) is 5.69. The molecule has 1 aromatic carbocycles. The maximum atomic E-state index is 12.1. The topological polar surface area (TPSA) is 59.6 Å². The first kappa shape index (κ1) is 14.2. The van der Waals surface area contributed by atoms with Gasteiger partial charge in [-0.1, -0.05) is 6.07 Å². The monoisotopic (exact) mass is 290 g/mol. The number of benzene rings is 1. The SMILES string of the molecule is CC(NC(=O)CC1CCCN1)c1ccc2c(c1)OCCO2. The summed E-state index contributed by atoms with van der Waals surface area (Å²) in [5.41, 5.74) is 1.03. The molecule has 5 heteroatoms. The fourth-order valence-electron chi connectivity index (χ4n) is 2.87. The molecule has 0 spiro atoms. The minimum atomic E-state index is -0.0327. The molecular formula is C16H22N2O3. The summed E-state index contributed by atoms with van der Waals surface area (Å²) in [7, 11) is 0. The van der Waals surface area contributed by atoms with Crippen LogP contribution in [0.15, 0.2) is 18.2 Å². The number of amides is 1. The summed E-state index contributed by atoms with van der Waals surface area (Å²) in [6.45, 7) is 4.18. The van der Waals surface area contributed by atoms with Crippen molar-refractivity contribution < 1.29 is 14.3 Å². The summed E-state index contributed by atoms with van der Waals surface area (Å²) in [4.78, 5) is 12.1. The predicted octanol–water partition coefficient (Wildman–Crippen LogP) is 1.78. The highest BCUT2D eigenvalue weighted by molar-refractivity contribution is 5.77. The molecule has 2 heterocycles. The van der Waals surface area contributed by atoms with Gasteiger partial charge >= 0.3 is 0 Å². The van der Waals surface area contributed by atoms with Gasteiger partial charge in [-0.3, -0.25) is 4.79 Å². The molecule has 2 aliphatic rings. The Morgan fingerprint density at radius 1 is 1.38 bits per heavy atom. The molecule has 21 heavy (non-hydrogen) atoms. The van der Waals surface area contributed by atoms with Crippen molar-refractivity contribution in [1.29, 1.82) is 0 Å². The van der Waals surface area contributed by atoms with Crippen LogP contribution in [0.4, 0.5) is 0 Å². The van der Waals surface area contributed by atoms with E-state index in [1.165, 1.54) is 0 Å². The maximum Gasteiger partial charge on any atom is 0.222 e. The molecule has 3 rings (SSSR count). The summed E-state index contributed by atoms with van der Waals surface area (Å²) in [5, 5.41) is 6.40. The van der Waals surface area contributed by atoms with E-state index in [0.717, 1.165) is 36.4 Å². The Balaban J connectivity index is 1.59. The number of rotatable bonds is 4. The minimum Gasteiger partial charge on any atom is -0.486 e. The molecule has 1 fully saturated rings. The van der Waals surface area contributed by atoms with Crippen LogP contribution in [0.25, 0.3) is 0 Å². The van der Waals surface area contributed by atoms with Gasteiger partial charge < -0.3 is 20.1 Å². The van der Waals surface area contributed by atoms with Crippen molar-refractivity contribution in [2.45, 2.75) is 38.3 Å². The van der Waals surface area contributed by atoms with Crippen LogP contribution in [0.2, 0.25) is 0 Å². The van der Waals surface area contributed by atoms with Crippen LogP contribution in [0.5, 0.6) is 11.5 Å². The lowest BCUT2D eigenvalue weighted by Crippen LogP contribution is -2.33. The van der Waals surface area contributed by atoms with Crippen LogP contribution in [-0.2, 0) is 4.79 Å². The zero-order valence-corrected chi connectivity index (χ0v) is 12.4. The molecule has 1 saturated heterocycles. The first-order valence-corrected chi connectivity index (χ1v) is 7.64. The first-order chi connectivity index (χ1) is 10.2. The molecule has 2 N–H and O–H groups in total. The molecule has 0 aromatic heterocycles. The highest BCUT2D eigenvalue weighted by atomic mass is 16.6. The van der Waals surface area contributed by atoms with Crippen molar-refractivity contribution in [3.05, 3.63) is 23.8 Å². The standard InChI is InChI=1S/C16H22N2O3/c1-11(18-16(19)10-13-3-2-6-17-13)12-4-5-14-15(9-12)21-8-7-20-14/h4-5,9,11,13,17H,2-3,6-8,10H2,1H3,(H,18,19). The molecule has 114 valence electrons. The van der Waals surface area contributed by atoms with Gasteiger partial charge in [-0.15, -0.1) is 0 Å². The summed E-state index contributed by atoms with van der Waals surface area (Å²) in [6.07, 6.45) is 2.80. The van der Waals surface area contributed by atoms with E-state index in [9.17, 15) is 4.79 Å². The largest absolute Gasteiger partial charge is 0.486 e. The average molecular weight is 290 g/mol. The zero-order chi connectivity index (χ0) is 14.7. The smallest absolute Gasteiger partial charge is 0.222 e. The van der Waals surface area contributed by atoms with Crippen LogP contribution in [0.3, 0.4) is 0 Å². The summed E-state index contributed by atoms with van der Waals surface area (Å²) in [5.74, 6) is 1.63. The van der Waals surface area contributed by atoms with Gasteiger partial charge in [0.15, 0.2) is 11.5 Å². The van der Waals surface area contributed by atoms with Gasteiger partial charge in [-0.05, 0) is 44.0 Å². The fraction of sp³-hybridized carbons (Fsp3) is 0.562. The van der Waals surface area contributed by atoms with Gasteiger partial charge in [0.25, 0.3) is 0 Å². The Hall–Kier alpha value is -1.75. The number of fused-ring (bicyclic) bond motifs is 1. The van der Waals surface area contributed by atoms with Crippen LogP contribution in [-0.4, -0.2) is 31.7 Å². The van der Waals surface area contributed by atoms with E-state index < -0.39 is 0 Å². The fourth-order valence-corrected chi connectivity index (χ4v) is 2.87. The van der Waals surface area contributed by atoms with E-state index in [2.05, 4.69) is 10.6 Å². The number of ether oxygens (including phenoxy) is 2. The summed E-state index contributed by atoms with van der Waals surface area (Å²) in [6, 6.07) is 6.14. The zero-order valence-electron chi connectivity index (χ0n) is 12.4. The van der Waals surface area contributed by atoms with Crippen molar-refractivity contribution >= 4 is 5.91 Å². The molecule has 0 bridgehead atoms. The van der Waals surface area contributed by atoms with E-state index >= 15 is 0 Å². The van der Waals surface area contributed by atoms with Crippen molar-refractivity contribution in [3.63, 3.8) is 0 Å². The van der Waals surface area contributed by atoms with E-state index in [0.29, 0.717) is 25.7 Å². The first-order valence-electron chi connectivity index (χ1n) is 7.64. The lowest BCUT2D eigenvalue weighted by atomic mass is 10.1. The highest BCUT2D eigenvalue weighted by Gasteiger charge is 2.20. The predicted molar refractivity (Wildman–Crippen MR) is 79.6 cm³/mol. The van der Waals surface area contributed by atoms with Gasteiger partial charge in [-0.2, -0.15) is 0 Å². The molecule has 0 saturated carbocycles. The van der Waals surface area contributed by atoms with Crippen LogP contribution in [0, 0.1) is 0 Å². The second-order valence-corrected chi connectivity index (χ2v) is 5.69. The Kier molecular flexibility index (Phi) is 4.29. The number of carbonyl (C=O) groups excluding carboxylic acids is 1. The maximum absolute atomic E-state index is 12.1. The summed E-state index contributed by atoms with van der Waals surface area (Å²) >= 11 is 0. The van der Waals surface area contributed by atoms with Gasteiger partial charge in [0.1, 0.15) is 13.2 Å². The van der Waals surface area contributed by atoms with E-state index in [1.807, 2.05) is 25.1 Å². The van der Waals surface area contributed by atoms with E-state index in [1.54, 1.807) is 0 Å². The third-order valence-corrected chi connectivity index (χ3v) is 4.04. The van der Waals surface area contributed by atoms with Gasteiger partial charge in [-0.25, -0.2) is 0 Å². The Morgan fingerprint density at radius 3 is 2.95 bits per heavy atom. The normalized spacial score (nSPS) is 21.9. The third kappa shape index (κ3) is 3.47. The average Bonchev–Trinajstić information content (AvgIpc) is 2.99. The lowest BCUT2D eigenvalue weighted by molar-refractivity contribution is -0.122. The van der Waals surface area contributed by atoms with Crippen LogP contribution in [0.1, 0.15) is 37.8 Å².